The zero-order valence-corrected chi connectivity index (χ0v) is 17.0. The number of benzene rings is 1. The minimum Gasteiger partial charge on any atom is -0.497 e. The molecule has 1 aromatic heterocycles. The maximum absolute atomic E-state index is 11.4. The Hall–Kier alpha value is -2.38. The van der Waals surface area contributed by atoms with Crippen molar-refractivity contribution in [2.24, 2.45) is 11.1 Å². The molecule has 2 N–H and O–H groups in total. The number of nitrogens with zero attached hydrogens (tertiary/aromatic N) is 1. The maximum Gasteiger partial charge on any atom is 0.308 e. The number of hydrogen-bond acceptors (Lipinski definition) is 6. The molecule has 7 heteroatoms. The molecule has 0 saturated carbocycles. The van der Waals surface area contributed by atoms with E-state index < -0.39 is 5.97 Å². The second kappa shape index (κ2) is 9.71. The van der Waals surface area contributed by atoms with E-state index in [-0.39, 0.29) is 12.0 Å². The first-order valence-electron chi connectivity index (χ1n) is 9.44. The molecular formula is C21H26N2O4S. The normalized spacial score (nSPS) is 20.0. The molecule has 1 aliphatic rings. The van der Waals surface area contributed by atoms with Gasteiger partial charge in [0.1, 0.15) is 18.1 Å². The molecule has 0 aliphatic carbocycles. The van der Waals surface area contributed by atoms with Gasteiger partial charge in [-0.2, -0.15) is 0 Å². The first-order valence-corrected chi connectivity index (χ1v) is 10.3. The summed E-state index contributed by atoms with van der Waals surface area (Å²) in [5.41, 5.74) is 2.84. The van der Waals surface area contributed by atoms with Crippen LogP contribution in [0.25, 0.3) is 0 Å². The fourth-order valence-electron chi connectivity index (χ4n) is 3.41. The molecule has 0 bridgehead atoms. The molecule has 1 aromatic carbocycles. The SMILES string of the molecule is COc1cccc(/C(=N/OCCC2NCCCC2C(=O)O)c2cc(C)cs2)c1. The number of rotatable bonds is 8. The van der Waals surface area contributed by atoms with Gasteiger partial charge in [0, 0.05) is 18.0 Å². The second-order valence-corrected chi connectivity index (χ2v) is 7.84. The quantitative estimate of drug-likeness (QED) is 0.400. The number of aliphatic carboxylic acids is 1. The molecule has 1 aliphatic heterocycles. The molecule has 2 atom stereocenters. The van der Waals surface area contributed by atoms with E-state index >= 15 is 0 Å². The number of nitrogens with one attached hydrogen (secondary N) is 1. The van der Waals surface area contributed by atoms with Crippen LogP contribution in [-0.4, -0.2) is 43.1 Å². The van der Waals surface area contributed by atoms with Gasteiger partial charge in [-0.1, -0.05) is 17.3 Å². The van der Waals surface area contributed by atoms with Crippen LogP contribution in [0.1, 0.15) is 35.3 Å². The summed E-state index contributed by atoms with van der Waals surface area (Å²) >= 11 is 1.61. The average molecular weight is 403 g/mol. The van der Waals surface area contributed by atoms with Gasteiger partial charge in [-0.25, -0.2) is 0 Å². The molecule has 1 saturated heterocycles. The summed E-state index contributed by atoms with van der Waals surface area (Å²) in [6, 6.07) is 9.72. The Morgan fingerprint density at radius 2 is 2.25 bits per heavy atom. The number of oxime groups is 1. The predicted molar refractivity (Wildman–Crippen MR) is 110 cm³/mol. The molecular weight excluding hydrogens is 376 g/mol. The summed E-state index contributed by atoms with van der Waals surface area (Å²) in [5.74, 6) is -0.347. The first kappa shape index (κ1) is 20.4. The highest BCUT2D eigenvalue weighted by molar-refractivity contribution is 7.12. The summed E-state index contributed by atoms with van der Waals surface area (Å²) in [7, 11) is 1.64. The van der Waals surface area contributed by atoms with Crippen LogP contribution in [0, 0.1) is 12.8 Å². The van der Waals surface area contributed by atoms with Gasteiger partial charge in [0.05, 0.1) is 17.9 Å². The molecule has 150 valence electrons. The monoisotopic (exact) mass is 402 g/mol. The number of carboxylic acid groups (broad SMARTS) is 1. The van der Waals surface area contributed by atoms with Crippen LogP contribution in [0.5, 0.6) is 5.75 Å². The summed E-state index contributed by atoms with van der Waals surface area (Å²) in [4.78, 5) is 18.1. The highest BCUT2D eigenvalue weighted by Gasteiger charge is 2.30. The Bertz CT molecular complexity index is 833. The van der Waals surface area contributed by atoms with E-state index in [4.69, 9.17) is 9.57 Å². The van der Waals surface area contributed by atoms with E-state index in [1.54, 1.807) is 18.4 Å². The lowest BCUT2D eigenvalue weighted by molar-refractivity contribution is -0.143. The van der Waals surface area contributed by atoms with Gasteiger partial charge in [0.2, 0.25) is 0 Å². The minimum atomic E-state index is -0.744. The van der Waals surface area contributed by atoms with Gasteiger partial charge in [0.25, 0.3) is 0 Å². The number of carboxylic acids is 1. The summed E-state index contributed by atoms with van der Waals surface area (Å²) in [5, 5.41) is 19.2. The van der Waals surface area contributed by atoms with Crippen molar-refractivity contribution in [2.45, 2.75) is 32.2 Å². The van der Waals surface area contributed by atoms with Crippen molar-refractivity contribution in [3.63, 3.8) is 0 Å². The average Bonchev–Trinajstić information content (AvgIpc) is 3.14. The largest absolute Gasteiger partial charge is 0.497 e. The number of piperidine rings is 1. The number of methoxy groups -OCH3 is 1. The molecule has 2 unspecified atom stereocenters. The zero-order chi connectivity index (χ0) is 19.9. The van der Waals surface area contributed by atoms with Gasteiger partial charge in [-0.05, 0) is 55.5 Å². The predicted octanol–water partition coefficient (Wildman–Crippen LogP) is 3.68. The molecule has 0 amide bonds. The van der Waals surface area contributed by atoms with Crippen LogP contribution in [0.2, 0.25) is 0 Å². The molecule has 0 spiro atoms. The Morgan fingerprint density at radius 1 is 1.39 bits per heavy atom. The van der Waals surface area contributed by atoms with E-state index in [0.29, 0.717) is 19.4 Å². The van der Waals surface area contributed by atoms with Gasteiger partial charge >= 0.3 is 5.97 Å². The zero-order valence-electron chi connectivity index (χ0n) is 16.2. The first-order chi connectivity index (χ1) is 13.6. The Morgan fingerprint density at radius 3 is 2.96 bits per heavy atom. The molecule has 2 aromatic rings. The Kier molecular flexibility index (Phi) is 7.06. The minimum absolute atomic E-state index is 0.0781. The third kappa shape index (κ3) is 5.11. The number of ether oxygens (including phenoxy) is 1. The van der Waals surface area contributed by atoms with Gasteiger partial charge in [-0.3, -0.25) is 4.79 Å². The molecule has 28 heavy (non-hydrogen) atoms. The van der Waals surface area contributed by atoms with Crippen molar-refractivity contribution >= 4 is 23.0 Å². The van der Waals surface area contributed by atoms with E-state index in [9.17, 15) is 9.90 Å². The van der Waals surface area contributed by atoms with Crippen LogP contribution >= 0.6 is 11.3 Å². The summed E-state index contributed by atoms with van der Waals surface area (Å²) < 4.78 is 5.33. The standard InChI is InChI=1S/C21H26N2O4S/c1-14-11-19(28-13-14)20(15-5-3-6-16(12-15)26-2)23-27-10-8-18-17(21(24)25)7-4-9-22-18/h3,5-6,11-13,17-18,22H,4,7-10H2,1-2H3,(H,24,25)/b23-20-. The highest BCUT2D eigenvalue weighted by Crippen LogP contribution is 2.23. The van der Waals surface area contributed by atoms with Crippen molar-refractivity contribution in [3.05, 3.63) is 51.7 Å². The number of thiophene rings is 1. The Balaban J connectivity index is 1.71. The van der Waals surface area contributed by atoms with E-state index in [1.165, 1.54) is 5.56 Å². The molecule has 6 nitrogen and oxygen atoms in total. The number of aryl methyl sites for hydroxylation is 1. The van der Waals surface area contributed by atoms with Crippen LogP contribution in [0.4, 0.5) is 0 Å². The van der Waals surface area contributed by atoms with Crippen molar-refractivity contribution in [1.29, 1.82) is 0 Å². The number of carbonyl (C=O) groups is 1. The number of hydrogen-bond donors (Lipinski definition) is 2. The third-order valence-corrected chi connectivity index (χ3v) is 5.94. The van der Waals surface area contributed by atoms with Gasteiger partial charge in [0.15, 0.2) is 0 Å². The van der Waals surface area contributed by atoms with Gasteiger partial charge < -0.3 is 20.0 Å². The fourth-order valence-corrected chi connectivity index (χ4v) is 4.31. The fraction of sp³-hybridized carbons (Fsp3) is 0.429. The molecule has 1 fully saturated rings. The van der Waals surface area contributed by atoms with Gasteiger partial charge in [-0.15, -0.1) is 11.3 Å². The van der Waals surface area contributed by atoms with Crippen molar-refractivity contribution in [2.75, 3.05) is 20.3 Å². The van der Waals surface area contributed by atoms with E-state index in [1.807, 2.05) is 31.2 Å². The topological polar surface area (TPSA) is 80.2 Å². The molecule has 3 rings (SSSR count). The second-order valence-electron chi connectivity index (χ2n) is 6.93. The lowest BCUT2D eigenvalue weighted by Crippen LogP contribution is -2.45. The molecule has 2 heterocycles. The summed E-state index contributed by atoms with van der Waals surface area (Å²) in [6.07, 6.45) is 2.21. The van der Waals surface area contributed by atoms with Crippen LogP contribution in [0.15, 0.2) is 40.9 Å². The lowest BCUT2D eigenvalue weighted by Gasteiger charge is -2.29. The summed E-state index contributed by atoms with van der Waals surface area (Å²) in [6.45, 7) is 3.26. The Labute approximate surface area is 169 Å². The van der Waals surface area contributed by atoms with E-state index in [0.717, 1.165) is 34.9 Å². The van der Waals surface area contributed by atoms with E-state index in [2.05, 4.69) is 21.9 Å². The van der Waals surface area contributed by atoms with Crippen LogP contribution in [0.3, 0.4) is 0 Å². The van der Waals surface area contributed by atoms with Crippen LogP contribution in [-0.2, 0) is 9.63 Å². The molecule has 0 radical (unpaired) electrons. The smallest absolute Gasteiger partial charge is 0.308 e. The maximum atomic E-state index is 11.4. The van der Waals surface area contributed by atoms with Crippen molar-refractivity contribution < 1.29 is 19.5 Å². The lowest BCUT2D eigenvalue weighted by atomic mass is 9.89. The van der Waals surface area contributed by atoms with Crippen molar-refractivity contribution in [3.8, 4) is 5.75 Å². The highest BCUT2D eigenvalue weighted by atomic mass is 32.1. The van der Waals surface area contributed by atoms with Crippen LogP contribution < -0.4 is 10.1 Å². The third-order valence-electron chi connectivity index (χ3n) is 4.88. The van der Waals surface area contributed by atoms with Crippen molar-refractivity contribution in [1.82, 2.24) is 5.32 Å².